The first kappa shape index (κ1) is 15.1. The minimum Gasteiger partial charge on any atom is -0.397 e. The van der Waals surface area contributed by atoms with Crippen molar-refractivity contribution in [2.24, 2.45) is 0 Å². The van der Waals surface area contributed by atoms with Gasteiger partial charge in [-0.25, -0.2) is 8.42 Å². The molecule has 6 heteroatoms. The molecule has 1 heterocycles. The van der Waals surface area contributed by atoms with Crippen LogP contribution in [0.2, 0.25) is 0 Å². The number of sulfonamides is 1. The Hall–Kier alpha value is -1.27. The van der Waals surface area contributed by atoms with Gasteiger partial charge in [0.1, 0.15) is 0 Å². The predicted molar refractivity (Wildman–Crippen MR) is 83.3 cm³/mol. The van der Waals surface area contributed by atoms with Crippen molar-refractivity contribution in [1.82, 2.24) is 4.31 Å². The van der Waals surface area contributed by atoms with E-state index in [1.54, 1.807) is 4.31 Å². The largest absolute Gasteiger partial charge is 0.397 e. The van der Waals surface area contributed by atoms with E-state index in [9.17, 15) is 8.42 Å². The Bertz CT molecular complexity index is 537. The van der Waals surface area contributed by atoms with Crippen LogP contribution in [0.1, 0.15) is 19.8 Å². The quantitative estimate of drug-likeness (QED) is 0.837. The zero-order valence-corrected chi connectivity index (χ0v) is 12.8. The molecule has 0 aromatic heterocycles. The monoisotopic (exact) mass is 297 g/mol. The van der Waals surface area contributed by atoms with E-state index in [0.717, 1.165) is 24.2 Å². The van der Waals surface area contributed by atoms with Gasteiger partial charge in [0.2, 0.25) is 10.0 Å². The SMILES string of the molecule is CCCCS(=O)(=O)N1CCN(c2ccccc2N)CC1. The van der Waals surface area contributed by atoms with Crippen LogP contribution in [0.5, 0.6) is 0 Å². The van der Waals surface area contributed by atoms with E-state index in [1.807, 2.05) is 31.2 Å². The average Bonchev–Trinajstić information content (AvgIpc) is 2.46. The summed E-state index contributed by atoms with van der Waals surface area (Å²) in [6, 6.07) is 7.72. The summed E-state index contributed by atoms with van der Waals surface area (Å²) in [4.78, 5) is 2.15. The first-order valence-electron chi connectivity index (χ1n) is 7.12. The summed E-state index contributed by atoms with van der Waals surface area (Å²) < 4.78 is 25.9. The van der Waals surface area contributed by atoms with E-state index in [1.165, 1.54) is 0 Å². The molecule has 5 nitrogen and oxygen atoms in total. The van der Waals surface area contributed by atoms with Crippen LogP contribution in [0, 0.1) is 0 Å². The highest BCUT2D eigenvalue weighted by Crippen LogP contribution is 2.24. The lowest BCUT2D eigenvalue weighted by atomic mass is 10.2. The zero-order valence-electron chi connectivity index (χ0n) is 12.0. The van der Waals surface area contributed by atoms with Gasteiger partial charge in [-0.1, -0.05) is 25.5 Å². The molecule has 1 aromatic rings. The van der Waals surface area contributed by atoms with Crippen LogP contribution in [0.4, 0.5) is 11.4 Å². The molecular weight excluding hydrogens is 274 g/mol. The number of rotatable bonds is 5. The molecule has 2 N–H and O–H groups in total. The summed E-state index contributed by atoms with van der Waals surface area (Å²) in [6.07, 6.45) is 1.63. The van der Waals surface area contributed by atoms with E-state index in [0.29, 0.717) is 26.2 Å². The molecule has 0 spiro atoms. The fourth-order valence-electron chi connectivity index (χ4n) is 2.44. The normalized spacial score (nSPS) is 17.4. The molecule has 0 aliphatic carbocycles. The van der Waals surface area contributed by atoms with Gasteiger partial charge in [-0.05, 0) is 18.6 Å². The van der Waals surface area contributed by atoms with Crippen molar-refractivity contribution >= 4 is 21.4 Å². The van der Waals surface area contributed by atoms with E-state index in [2.05, 4.69) is 4.90 Å². The van der Waals surface area contributed by atoms with Crippen LogP contribution in [0.3, 0.4) is 0 Å². The van der Waals surface area contributed by atoms with Gasteiger partial charge in [0.15, 0.2) is 0 Å². The van der Waals surface area contributed by atoms with Gasteiger partial charge in [-0.3, -0.25) is 0 Å². The summed E-state index contributed by atoms with van der Waals surface area (Å²) in [6.45, 7) is 4.48. The maximum absolute atomic E-state index is 12.1. The second-order valence-corrected chi connectivity index (χ2v) is 7.20. The molecule has 0 bridgehead atoms. The molecule has 2 rings (SSSR count). The number of nitrogens with zero attached hydrogens (tertiary/aromatic N) is 2. The number of para-hydroxylation sites is 2. The summed E-state index contributed by atoms with van der Waals surface area (Å²) in [5.74, 6) is 0.261. The van der Waals surface area contributed by atoms with Gasteiger partial charge in [0, 0.05) is 26.2 Å². The summed E-state index contributed by atoms with van der Waals surface area (Å²) in [7, 11) is -3.09. The van der Waals surface area contributed by atoms with Gasteiger partial charge in [0.05, 0.1) is 17.1 Å². The van der Waals surface area contributed by atoms with E-state index in [4.69, 9.17) is 5.73 Å². The highest BCUT2D eigenvalue weighted by molar-refractivity contribution is 7.89. The topological polar surface area (TPSA) is 66.6 Å². The number of piperazine rings is 1. The van der Waals surface area contributed by atoms with Crippen LogP contribution in [-0.2, 0) is 10.0 Å². The summed E-state index contributed by atoms with van der Waals surface area (Å²) in [5, 5.41) is 0. The molecule has 0 unspecified atom stereocenters. The maximum Gasteiger partial charge on any atom is 0.214 e. The number of hydrogen-bond acceptors (Lipinski definition) is 4. The molecule has 0 amide bonds. The lowest BCUT2D eigenvalue weighted by Gasteiger charge is -2.35. The number of anilines is 2. The number of hydrogen-bond donors (Lipinski definition) is 1. The Morgan fingerprint density at radius 2 is 1.80 bits per heavy atom. The number of nitrogens with two attached hydrogens (primary N) is 1. The minimum atomic E-state index is -3.09. The maximum atomic E-state index is 12.1. The fraction of sp³-hybridized carbons (Fsp3) is 0.571. The van der Waals surface area contributed by atoms with Crippen LogP contribution in [0.15, 0.2) is 24.3 Å². The van der Waals surface area contributed by atoms with E-state index >= 15 is 0 Å². The summed E-state index contributed by atoms with van der Waals surface area (Å²) >= 11 is 0. The van der Waals surface area contributed by atoms with Crippen molar-refractivity contribution in [3.05, 3.63) is 24.3 Å². The number of nitrogen functional groups attached to an aromatic ring is 1. The Morgan fingerprint density at radius 1 is 1.15 bits per heavy atom. The standard InChI is InChI=1S/C14H23N3O2S/c1-2-3-12-20(18,19)17-10-8-16(9-11-17)14-7-5-4-6-13(14)15/h4-7H,2-3,8-12,15H2,1H3. The van der Waals surface area contributed by atoms with Gasteiger partial charge < -0.3 is 10.6 Å². The Balaban J connectivity index is 1.98. The van der Waals surface area contributed by atoms with Gasteiger partial charge >= 0.3 is 0 Å². The van der Waals surface area contributed by atoms with Crippen molar-refractivity contribution < 1.29 is 8.42 Å². The second kappa shape index (κ2) is 6.45. The molecular formula is C14H23N3O2S. The fourth-order valence-corrected chi connectivity index (χ4v) is 4.07. The minimum absolute atomic E-state index is 0.261. The van der Waals surface area contributed by atoms with Crippen molar-refractivity contribution in [1.29, 1.82) is 0 Å². The Morgan fingerprint density at radius 3 is 2.40 bits per heavy atom. The number of unbranched alkanes of at least 4 members (excludes halogenated alkanes) is 1. The zero-order chi connectivity index (χ0) is 14.6. The molecule has 1 aliphatic heterocycles. The van der Waals surface area contributed by atoms with Crippen molar-refractivity contribution in [3.8, 4) is 0 Å². The third kappa shape index (κ3) is 3.43. The van der Waals surface area contributed by atoms with Gasteiger partial charge in [0.25, 0.3) is 0 Å². The van der Waals surface area contributed by atoms with Crippen molar-refractivity contribution in [3.63, 3.8) is 0 Å². The van der Waals surface area contributed by atoms with Crippen LogP contribution in [0.25, 0.3) is 0 Å². The highest BCUT2D eigenvalue weighted by Gasteiger charge is 2.26. The molecule has 20 heavy (non-hydrogen) atoms. The van der Waals surface area contributed by atoms with Crippen molar-refractivity contribution in [2.75, 3.05) is 42.6 Å². The van der Waals surface area contributed by atoms with Gasteiger partial charge in [-0.2, -0.15) is 4.31 Å². The molecule has 1 fully saturated rings. The smallest absolute Gasteiger partial charge is 0.214 e. The van der Waals surface area contributed by atoms with Crippen LogP contribution < -0.4 is 10.6 Å². The van der Waals surface area contributed by atoms with Gasteiger partial charge in [-0.15, -0.1) is 0 Å². The Labute approximate surface area is 121 Å². The lowest BCUT2D eigenvalue weighted by Crippen LogP contribution is -2.49. The number of benzene rings is 1. The van der Waals surface area contributed by atoms with E-state index < -0.39 is 10.0 Å². The molecule has 112 valence electrons. The van der Waals surface area contributed by atoms with E-state index in [-0.39, 0.29) is 5.75 Å². The molecule has 0 radical (unpaired) electrons. The lowest BCUT2D eigenvalue weighted by molar-refractivity contribution is 0.384. The van der Waals surface area contributed by atoms with Crippen LogP contribution in [-0.4, -0.2) is 44.7 Å². The molecule has 1 aliphatic rings. The second-order valence-electron chi connectivity index (χ2n) is 5.11. The third-order valence-corrected chi connectivity index (χ3v) is 5.62. The molecule has 0 saturated carbocycles. The summed E-state index contributed by atoms with van der Waals surface area (Å²) in [5.41, 5.74) is 7.71. The first-order valence-corrected chi connectivity index (χ1v) is 8.73. The molecule has 0 atom stereocenters. The first-order chi connectivity index (χ1) is 9.54. The molecule has 1 saturated heterocycles. The third-order valence-electron chi connectivity index (χ3n) is 3.67. The predicted octanol–water partition coefficient (Wildman–Crippen LogP) is 1.52. The Kier molecular flexibility index (Phi) is 4.88. The van der Waals surface area contributed by atoms with Crippen molar-refractivity contribution in [2.45, 2.75) is 19.8 Å². The average molecular weight is 297 g/mol. The molecule has 1 aromatic carbocycles. The highest BCUT2D eigenvalue weighted by atomic mass is 32.2. The van der Waals surface area contributed by atoms with Crippen LogP contribution >= 0.6 is 0 Å².